The number of rotatable bonds is 10. The van der Waals surface area contributed by atoms with E-state index in [0.29, 0.717) is 0 Å². The van der Waals surface area contributed by atoms with E-state index in [1.807, 2.05) is 0 Å². The molecule has 0 aliphatic rings. The highest BCUT2D eigenvalue weighted by Gasteiger charge is 2.19. The van der Waals surface area contributed by atoms with Crippen molar-refractivity contribution in [2.45, 2.75) is 52.4 Å². The van der Waals surface area contributed by atoms with E-state index in [-0.39, 0.29) is 24.0 Å². The summed E-state index contributed by atoms with van der Waals surface area (Å²) >= 11 is 5.90. The smallest absolute Gasteiger partial charge is 0.0922 e. The van der Waals surface area contributed by atoms with E-state index in [9.17, 15) is 0 Å². The van der Waals surface area contributed by atoms with Crippen molar-refractivity contribution in [2.24, 2.45) is 0 Å². The minimum absolute atomic E-state index is 0. The zero-order valence-electron chi connectivity index (χ0n) is 11.3. The first-order chi connectivity index (χ1) is 7.18. The first kappa shape index (κ1) is 19.3. The normalized spacial score (nSPS) is 11.2. The third kappa shape index (κ3) is 10.2. The van der Waals surface area contributed by atoms with Crippen LogP contribution in [-0.2, 0) is 0 Å². The molecular weight excluding hydrogens is 333 g/mol. The first-order valence-electron chi connectivity index (χ1n) is 6.58. The summed E-state index contributed by atoms with van der Waals surface area (Å²) < 4.78 is 1.18. The summed E-state index contributed by atoms with van der Waals surface area (Å²) in [6.45, 7) is 8.29. The maximum atomic E-state index is 5.90. The highest BCUT2D eigenvalue weighted by molar-refractivity contribution is 6.17. The van der Waals surface area contributed by atoms with E-state index in [2.05, 4.69) is 20.9 Å². The molecule has 0 spiro atoms. The lowest BCUT2D eigenvalue weighted by atomic mass is 10.2. The Bertz CT molecular complexity index is 132. The molecule has 0 aromatic heterocycles. The van der Waals surface area contributed by atoms with E-state index >= 15 is 0 Å². The van der Waals surface area contributed by atoms with E-state index in [1.165, 1.54) is 56.1 Å². The Kier molecular flexibility index (Phi) is 15.0. The molecule has 0 fully saturated rings. The Hall–Kier alpha value is 0.980. The van der Waals surface area contributed by atoms with Crippen molar-refractivity contribution in [3.8, 4) is 0 Å². The van der Waals surface area contributed by atoms with Gasteiger partial charge in [0.2, 0.25) is 0 Å². The van der Waals surface area contributed by atoms with Crippen LogP contribution in [0.15, 0.2) is 0 Å². The molecule has 0 aromatic carbocycles. The standard InChI is InChI=1S/C13H29ClN.HI/c1-4-6-8-11-15(3,13-10-14)12-9-7-5-2;/h4-13H2,1-3H3;1H/q+1;/p-1. The molecule has 0 unspecified atom stereocenters. The monoisotopic (exact) mass is 361 g/mol. The second kappa shape index (κ2) is 12.4. The fraction of sp³-hybridized carbons (Fsp3) is 1.00. The summed E-state index contributed by atoms with van der Waals surface area (Å²) in [6, 6.07) is 0. The molecule has 1 nitrogen and oxygen atoms in total. The van der Waals surface area contributed by atoms with Crippen LogP contribution in [-0.4, -0.2) is 37.0 Å². The molecule has 0 radical (unpaired) electrons. The lowest BCUT2D eigenvalue weighted by Crippen LogP contribution is -3.00. The van der Waals surface area contributed by atoms with Crippen molar-refractivity contribution in [3.05, 3.63) is 0 Å². The van der Waals surface area contributed by atoms with Gasteiger partial charge in [-0.2, -0.15) is 0 Å². The van der Waals surface area contributed by atoms with Crippen molar-refractivity contribution < 1.29 is 28.5 Å². The van der Waals surface area contributed by atoms with Gasteiger partial charge in [-0.25, -0.2) is 0 Å². The Balaban J connectivity index is 0. The molecule has 0 bridgehead atoms. The molecule has 0 rings (SSSR count). The fourth-order valence-electron chi connectivity index (χ4n) is 2.03. The van der Waals surface area contributed by atoms with Crippen LogP contribution < -0.4 is 24.0 Å². The van der Waals surface area contributed by atoms with E-state index in [4.69, 9.17) is 11.6 Å². The van der Waals surface area contributed by atoms with Gasteiger partial charge in [-0.1, -0.05) is 26.7 Å². The molecule has 0 saturated carbocycles. The van der Waals surface area contributed by atoms with Crippen LogP contribution in [0.25, 0.3) is 0 Å². The van der Waals surface area contributed by atoms with Crippen molar-refractivity contribution in [1.82, 2.24) is 0 Å². The van der Waals surface area contributed by atoms with Crippen LogP contribution >= 0.6 is 11.6 Å². The second-order valence-electron chi connectivity index (χ2n) is 4.89. The van der Waals surface area contributed by atoms with Crippen molar-refractivity contribution in [2.75, 3.05) is 32.6 Å². The molecule has 0 aromatic rings. The van der Waals surface area contributed by atoms with Crippen molar-refractivity contribution >= 4 is 11.6 Å². The largest absolute Gasteiger partial charge is 1.00 e. The van der Waals surface area contributed by atoms with Gasteiger partial charge in [0.25, 0.3) is 0 Å². The summed E-state index contributed by atoms with van der Waals surface area (Å²) in [4.78, 5) is 0. The average Bonchev–Trinajstić information content (AvgIpc) is 2.19. The highest BCUT2D eigenvalue weighted by Crippen LogP contribution is 2.10. The number of hydrogen-bond donors (Lipinski definition) is 0. The van der Waals surface area contributed by atoms with Crippen LogP contribution in [0.2, 0.25) is 0 Å². The molecule has 0 N–H and O–H groups in total. The molecule has 0 heterocycles. The van der Waals surface area contributed by atoms with Gasteiger partial charge in [-0.15, -0.1) is 11.6 Å². The quantitative estimate of drug-likeness (QED) is 0.236. The van der Waals surface area contributed by atoms with Gasteiger partial charge in [0.15, 0.2) is 0 Å². The number of unbranched alkanes of at least 4 members (excludes halogenated alkanes) is 4. The van der Waals surface area contributed by atoms with Gasteiger partial charge in [-0.3, -0.25) is 0 Å². The Labute approximate surface area is 125 Å². The Morgan fingerprint density at radius 1 is 0.812 bits per heavy atom. The van der Waals surface area contributed by atoms with Crippen LogP contribution in [0.5, 0.6) is 0 Å². The maximum absolute atomic E-state index is 5.90. The van der Waals surface area contributed by atoms with Gasteiger partial charge < -0.3 is 28.5 Å². The first-order valence-corrected chi connectivity index (χ1v) is 7.11. The third-order valence-electron chi connectivity index (χ3n) is 3.23. The van der Waals surface area contributed by atoms with Crippen molar-refractivity contribution in [3.63, 3.8) is 0 Å². The summed E-state index contributed by atoms with van der Waals surface area (Å²) in [5, 5.41) is 0. The topological polar surface area (TPSA) is 0 Å². The van der Waals surface area contributed by atoms with Crippen LogP contribution in [0, 0.1) is 0 Å². The van der Waals surface area contributed by atoms with Crippen LogP contribution in [0.1, 0.15) is 52.4 Å². The summed E-state index contributed by atoms with van der Waals surface area (Å²) in [7, 11) is 2.37. The minimum Gasteiger partial charge on any atom is -1.00 e. The second-order valence-corrected chi connectivity index (χ2v) is 5.27. The van der Waals surface area contributed by atoms with Crippen LogP contribution in [0.4, 0.5) is 0 Å². The summed E-state index contributed by atoms with van der Waals surface area (Å²) in [5.41, 5.74) is 0. The van der Waals surface area contributed by atoms with Crippen LogP contribution in [0.3, 0.4) is 0 Å². The zero-order valence-corrected chi connectivity index (χ0v) is 14.2. The maximum Gasteiger partial charge on any atom is 0.0922 e. The SMILES string of the molecule is CCCCC[N+](C)(CCCl)CCCCC.[I-]. The number of quaternary nitrogens is 1. The van der Waals surface area contributed by atoms with Gasteiger partial charge in [-0.05, 0) is 25.7 Å². The molecule has 0 aliphatic carbocycles. The molecule has 0 aliphatic heterocycles. The van der Waals surface area contributed by atoms with Gasteiger partial charge in [0, 0.05) is 0 Å². The molecule has 16 heavy (non-hydrogen) atoms. The third-order valence-corrected chi connectivity index (χ3v) is 3.40. The molecule has 3 heteroatoms. The highest BCUT2D eigenvalue weighted by atomic mass is 127. The molecule has 0 amide bonds. The van der Waals surface area contributed by atoms with Gasteiger partial charge >= 0.3 is 0 Å². The van der Waals surface area contributed by atoms with Gasteiger partial charge in [0.1, 0.15) is 0 Å². The summed E-state index contributed by atoms with van der Waals surface area (Å²) in [5.74, 6) is 0.800. The fourth-order valence-corrected chi connectivity index (χ4v) is 2.43. The molecule has 0 atom stereocenters. The minimum atomic E-state index is 0. The lowest BCUT2D eigenvalue weighted by Gasteiger charge is -2.34. The lowest BCUT2D eigenvalue weighted by molar-refractivity contribution is -0.907. The predicted molar refractivity (Wildman–Crippen MR) is 70.6 cm³/mol. The Morgan fingerprint density at radius 3 is 1.56 bits per heavy atom. The number of halogens is 2. The van der Waals surface area contributed by atoms with E-state index in [0.717, 1.165) is 12.4 Å². The average molecular weight is 362 g/mol. The Morgan fingerprint density at radius 2 is 1.25 bits per heavy atom. The predicted octanol–water partition coefficient (Wildman–Crippen LogP) is 1.06. The number of alkyl halides is 1. The number of hydrogen-bond acceptors (Lipinski definition) is 0. The molecule has 100 valence electrons. The van der Waals surface area contributed by atoms with E-state index < -0.39 is 0 Å². The van der Waals surface area contributed by atoms with Gasteiger partial charge in [0.05, 0.1) is 32.6 Å². The van der Waals surface area contributed by atoms with E-state index in [1.54, 1.807) is 0 Å². The zero-order chi connectivity index (χ0) is 11.6. The number of nitrogens with zero attached hydrogens (tertiary/aromatic N) is 1. The molecule has 0 saturated heterocycles. The van der Waals surface area contributed by atoms with Crippen molar-refractivity contribution in [1.29, 1.82) is 0 Å². The summed E-state index contributed by atoms with van der Waals surface area (Å²) in [6.07, 6.45) is 8.07. The molecular formula is C13H29ClIN.